The van der Waals surface area contributed by atoms with Crippen molar-refractivity contribution in [3.05, 3.63) is 28.1 Å². The molecule has 4 nitrogen and oxygen atoms in total. The maximum absolute atomic E-state index is 6.07. The number of nitrogens with zero attached hydrogens (tertiary/aromatic N) is 3. The lowest BCUT2D eigenvalue weighted by atomic mass is 10.0. The van der Waals surface area contributed by atoms with Gasteiger partial charge in [-0.1, -0.05) is 29.6 Å². The third-order valence-electron chi connectivity index (χ3n) is 3.04. The van der Waals surface area contributed by atoms with Crippen LogP contribution in [0, 0.1) is 0 Å². The molecular weight excluding hydrogens is 259 g/mol. The molecule has 1 unspecified atom stereocenters. The lowest BCUT2D eigenvalue weighted by Crippen LogP contribution is -2.27. The lowest BCUT2D eigenvalue weighted by Gasteiger charge is -2.21. The zero-order valence-electron chi connectivity index (χ0n) is 9.16. The van der Waals surface area contributed by atoms with E-state index in [0.29, 0.717) is 22.0 Å². The number of halogens is 2. The largest absolute Gasteiger partial charge is 0.309 e. The molecule has 0 saturated carbocycles. The van der Waals surface area contributed by atoms with Gasteiger partial charge in [0.1, 0.15) is 10.3 Å². The molecule has 1 aliphatic heterocycles. The standard InChI is InChI=1S/C11H12Cl2N4/c12-9-6-10(13)17-11(15-9)5-8(16-17)7-3-1-2-4-14-7/h5-7,14H,1-4H2. The highest BCUT2D eigenvalue weighted by atomic mass is 35.5. The van der Waals surface area contributed by atoms with E-state index in [1.165, 1.54) is 12.8 Å². The Kier molecular flexibility index (Phi) is 2.94. The highest BCUT2D eigenvalue weighted by Gasteiger charge is 2.18. The lowest BCUT2D eigenvalue weighted by molar-refractivity contribution is 0.404. The van der Waals surface area contributed by atoms with E-state index in [2.05, 4.69) is 15.4 Å². The van der Waals surface area contributed by atoms with Gasteiger partial charge >= 0.3 is 0 Å². The van der Waals surface area contributed by atoms with E-state index in [-0.39, 0.29) is 0 Å². The van der Waals surface area contributed by atoms with E-state index in [4.69, 9.17) is 23.2 Å². The SMILES string of the molecule is Clc1cc(Cl)n2nc(C3CCCCN3)cc2n1. The fraction of sp³-hybridized carbons (Fsp3) is 0.455. The number of hydrogen-bond donors (Lipinski definition) is 1. The molecule has 1 atom stereocenters. The van der Waals surface area contributed by atoms with Crippen LogP contribution >= 0.6 is 23.2 Å². The Morgan fingerprint density at radius 3 is 2.94 bits per heavy atom. The molecule has 0 aliphatic carbocycles. The molecule has 2 aromatic rings. The van der Waals surface area contributed by atoms with Crippen LogP contribution < -0.4 is 5.32 Å². The minimum atomic E-state index is 0.306. The first kappa shape index (κ1) is 11.3. The Morgan fingerprint density at radius 2 is 2.18 bits per heavy atom. The summed E-state index contributed by atoms with van der Waals surface area (Å²) in [4.78, 5) is 4.21. The van der Waals surface area contributed by atoms with E-state index in [0.717, 1.165) is 18.7 Å². The molecule has 2 aromatic heterocycles. The smallest absolute Gasteiger partial charge is 0.158 e. The fourth-order valence-electron chi connectivity index (χ4n) is 2.20. The summed E-state index contributed by atoms with van der Waals surface area (Å²) in [6, 6.07) is 3.85. The second-order valence-corrected chi connectivity index (χ2v) is 5.02. The maximum atomic E-state index is 6.07. The van der Waals surface area contributed by atoms with Gasteiger partial charge in [-0.15, -0.1) is 0 Å². The van der Waals surface area contributed by atoms with Crippen molar-refractivity contribution in [2.24, 2.45) is 0 Å². The van der Waals surface area contributed by atoms with E-state index >= 15 is 0 Å². The van der Waals surface area contributed by atoms with E-state index in [1.807, 2.05) is 6.07 Å². The van der Waals surface area contributed by atoms with E-state index in [1.54, 1.807) is 10.6 Å². The van der Waals surface area contributed by atoms with Crippen molar-refractivity contribution in [1.82, 2.24) is 19.9 Å². The third kappa shape index (κ3) is 2.12. The van der Waals surface area contributed by atoms with Crippen molar-refractivity contribution in [3.8, 4) is 0 Å². The Labute approximate surface area is 109 Å². The molecule has 1 N–H and O–H groups in total. The monoisotopic (exact) mass is 270 g/mol. The van der Waals surface area contributed by atoms with Gasteiger partial charge in [-0.2, -0.15) is 5.10 Å². The molecule has 6 heteroatoms. The summed E-state index contributed by atoms with van der Waals surface area (Å²) in [7, 11) is 0. The zero-order chi connectivity index (χ0) is 11.8. The third-order valence-corrected chi connectivity index (χ3v) is 3.50. The van der Waals surface area contributed by atoms with Crippen molar-refractivity contribution in [2.75, 3.05) is 6.54 Å². The van der Waals surface area contributed by atoms with Crippen LogP contribution in [-0.4, -0.2) is 21.1 Å². The van der Waals surface area contributed by atoms with Crippen molar-refractivity contribution < 1.29 is 0 Å². The first-order valence-corrected chi connectivity index (χ1v) is 6.45. The second-order valence-electron chi connectivity index (χ2n) is 4.24. The van der Waals surface area contributed by atoms with E-state index < -0.39 is 0 Å². The van der Waals surface area contributed by atoms with Crippen LogP contribution in [0.4, 0.5) is 0 Å². The van der Waals surface area contributed by atoms with Crippen LogP contribution in [0.1, 0.15) is 31.0 Å². The van der Waals surface area contributed by atoms with Crippen LogP contribution in [0.3, 0.4) is 0 Å². The Balaban J connectivity index is 2.03. The minimum absolute atomic E-state index is 0.306. The quantitative estimate of drug-likeness (QED) is 0.811. The Hall–Kier alpha value is -0.840. The first-order chi connectivity index (χ1) is 8.24. The molecule has 1 fully saturated rings. The van der Waals surface area contributed by atoms with Gasteiger partial charge in [0.05, 0.1) is 11.7 Å². The molecule has 1 saturated heterocycles. The van der Waals surface area contributed by atoms with Gasteiger partial charge in [-0.25, -0.2) is 9.50 Å². The molecule has 90 valence electrons. The molecule has 0 bridgehead atoms. The minimum Gasteiger partial charge on any atom is -0.309 e. The number of fused-ring (bicyclic) bond motifs is 1. The number of hydrogen-bond acceptors (Lipinski definition) is 3. The Bertz CT molecular complexity index is 546. The summed E-state index contributed by atoms with van der Waals surface area (Å²) >= 11 is 11.9. The molecule has 17 heavy (non-hydrogen) atoms. The van der Waals surface area contributed by atoms with Crippen LogP contribution in [0.5, 0.6) is 0 Å². The molecule has 3 rings (SSSR count). The van der Waals surface area contributed by atoms with Crippen LogP contribution in [0.2, 0.25) is 10.3 Å². The van der Waals surface area contributed by atoms with Crippen LogP contribution in [0.25, 0.3) is 5.65 Å². The fourth-order valence-corrected chi connectivity index (χ4v) is 2.68. The first-order valence-electron chi connectivity index (χ1n) is 5.69. The van der Waals surface area contributed by atoms with Gasteiger partial charge in [0.15, 0.2) is 5.65 Å². The maximum Gasteiger partial charge on any atom is 0.158 e. The van der Waals surface area contributed by atoms with Crippen LogP contribution in [-0.2, 0) is 0 Å². The topological polar surface area (TPSA) is 42.2 Å². The van der Waals surface area contributed by atoms with Crippen molar-refractivity contribution in [3.63, 3.8) is 0 Å². The van der Waals surface area contributed by atoms with Crippen molar-refractivity contribution >= 4 is 28.8 Å². The zero-order valence-corrected chi connectivity index (χ0v) is 10.7. The number of nitrogens with one attached hydrogen (secondary N) is 1. The summed E-state index contributed by atoms with van der Waals surface area (Å²) in [5.74, 6) is 0. The average Bonchev–Trinajstić information content (AvgIpc) is 2.74. The highest BCUT2D eigenvalue weighted by Crippen LogP contribution is 2.24. The van der Waals surface area contributed by atoms with Gasteiger partial charge in [0.2, 0.25) is 0 Å². The van der Waals surface area contributed by atoms with Gasteiger partial charge in [-0.05, 0) is 19.4 Å². The molecule has 3 heterocycles. The molecule has 0 amide bonds. The Morgan fingerprint density at radius 1 is 1.29 bits per heavy atom. The summed E-state index contributed by atoms with van der Waals surface area (Å²) in [6.45, 7) is 1.04. The van der Waals surface area contributed by atoms with Crippen LogP contribution in [0.15, 0.2) is 12.1 Å². The predicted molar refractivity (Wildman–Crippen MR) is 67.6 cm³/mol. The van der Waals surface area contributed by atoms with Gasteiger partial charge < -0.3 is 5.32 Å². The number of rotatable bonds is 1. The molecule has 1 aliphatic rings. The summed E-state index contributed by atoms with van der Waals surface area (Å²) in [5, 5.41) is 8.81. The summed E-state index contributed by atoms with van der Waals surface area (Å²) in [5.41, 5.74) is 1.69. The molecule has 0 aromatic carbocycles. The summed E-state index contributed by atoms with van der Waals surface area (Å²) in [6.07, 6.45) is 3.57. The second kappa shape index (κ2) is 4.44. The van der Waals surface area contributed by atoms with Gasteiger partial charge in [-0.3, -0.25) is 0 Å². The predicted octanol–water partition coefficient (Wildman–Crippen LogP) is 2.85. The molecule has 0 radical (unpaired) electrons. The average molecular weight is 271 g/mol. The van der Waals surface area contributed by atoms with Crippen molar-refractivity contribution in [1.29, 1.82) is 0 Å². The van der Waals surface area contributed by atoms with E-state index in [9.17, 15) is 0 Å². The summed E-state index contributed by atoms with van der Waals surface area (Å²) < 4.78 is 1.62. The molecule has 0 spiro atoms. The van der Waals surface area contributed by atoms with Gasteiger partial charge in [0, 0.05) is 12.1 Å². The number of aromatic nitrogens is 3. The number of piperidine rings is 1. The normalized spacial score (nSPS) is 20.9. The highest BCUT2D eigenvalue weighted by molar-refractivity contribution is 6.33. The van der Waals surface area contributed by atoms with Crippen molar-refractivity contribution in [2.45, 2.75) is 25.3 Å². The van der Waals surface area contributed by atoms with Gasteiger partial charge in [0.25, 0.3) is 0 Å². The molecular formula is C11H12Cl2N4.